The van der Waals surface area contributed by atoms with Crippen molar-refractivity contribution in [2.45, 2.75) is 83.1 Å². The van der Waals surface area contributed by atoms with E-state index in [1.165, 1.54) is 35.1 Å². The first-order chi connectivity index (χ1) is 38.3. The van der Waals surface area contributed by atoms with E-state index in [2.05, 4.69) is 95.7 Å². The number of carbonyl (C=O) groups is 1. The van der Waals surface area contributed by atoms with Crippen molar-refractivity contribution >= 4 is 39.8 Å². The average molecular weight is 1090 g/mol. The maximum atomic E-state index is 12.9. The molecule has 1 amide bonds. The topological polar surface area (TPSA) is 190 Å². The van der Waals surface area contributed by atoms with Crippen molar-refractivity contribution in [1.82, 2.24) is 49.2 Å². The molecule has 19 heteroatoms. The van der Waals surface area contributed by atoms with Gasteiger partial charge in [-0.1, -0.05) is 73.5 Å². The van der Waals surface area contributed by atoms with Crippen LogP contribution < -0.4 is 14.5 Å². The van der Waals surface area contributed by atoms with Gasteiger partial charge in [-0.05, 0) is 111 Å². The summed E-state index contributed by atoms with van der Waals surface area (Å²) >= 11 is 6.84. The summed E-state index contributed by atoms with van der Waals surface area (Å²) in [7, 11) is 2.20. The van der Waals surface area contributed by atoms with E-state index in [0.717, 1.165) is 117 Å². The number of carbonyl (C=O) groups excluding carboxylic acids is 1. The zero-order valence-electron chi connectivity index (χ0n) is 45.6. The highest BCUT2D eigenvalue weighted by molar-refractivity contribution is 6.36. The Morgan fingerprint density at radius 2 is 1.65 bits per heavy atom. The van der Waals surface area contributed by atoms with Gasteiger partial charge in [-0.15, -0.1) is 5.10 Å². The minimum Gasteiger partial charge on any atom is -0.508 e. The molecule has 414 valence electrons. The molecule has 3 N–H and O–H groups in total. The van der Waals surface area contributed by atoms with Crippen LogP contribution in [0.4, 0.5) is 11.5 Å². The molecule has 0 radical (unpaired) electrons. The van der Waals surface area contributed by atoms with Gasteiger partial charge < -0.3 is 39.7 Å². The predicted octanol–water partition coefficient (Wildman–Crippen LogP) is 7.43. The molecule has 0 spiro atoms. The normalized spacial score (nSPS) is 21.0. The maximum Gasteiger partial charge on any atom is 0.319 e. The molecule has 4 aromatic carbocycles. The van der Waals surface area contributed by atoms with Gasteiger partial charge in [0.25, 0.3) is 0 Å². The lowest BCUT2D eigenvalue weighted by Crippen LogP contribution is -2.55. The first kappa shape index (κ1) is 54.0. The third-order valence-corrected chi connectivity index (χ3v) is 17.5. The number of ether oxygens (including phenoxy) is 1. The second kappa shape index (κ2) is 23.4. The Balaban J connectivity index is 0.677. The molecule has 4 fully saturated rings. The van der Waals surface area contributed by atoms with Crippen LogP contribution in [-0.4, -0.2) is 181 Å². The number of piperidine rings is 1. The van der Waals surface area contributed by atoms with E-state index in [9.17, 15) is 25.4 Å². The second-order valence-corrected chi connectivity index (χ2v) is 22.9. The summed E-state index contributed by atoms with van der Waals surface area (Å²) in [4.78, 5) is 39.8. The number of amides is 1. The van der Waals surface area contributed by atoms with Gasteiger partial charge in [-0.2, -0.15) is 15.2 Å². The number of phenolic OH excluding ortho intramolecular Hbond substituents is 2. The van der Waals surface area contributed by atoms with Crippen LogP contribution in [0.25, 0.3) is 27.8 Å². The van der Waals surface area contributed by atoms with Crippen molar-refractivity contribution in [3.05, 3.63) is 113 Å². The van der Waals surface area contributed by atoms with Crippen LogP contribution in [0, 0.1) is 17.2 Å². The fourth-order valence-corrected chi connectivity index (χ4v) is 13.1. The third-order valence-electron chi connectivity index (χ3n) is 17.2. The number of aromatic nitrogens is 5. The van der Waals surface area contributed by atoms with E-state index in [-0.39, 0.29) is 47.8 Å². The van der Waals surface area contributed by atoms with Gasteiger partial charge in [0.15, 0.2) is 5.82 Å². The summed E-state index contributed by atoms with van der Waals surface area (Å²) in [5.74, 6) is 1.52. The van der Waals surface area contributed by atoms with Crippen LogP contribution >= 0.6 is 11.6 Å². The molecule has 0 aliphatic carbocycles. The first-order valence-corrected chi connectivity index (χ1v) is 28.4. The molecule has 5 aliphatic heterocycles. The van der Waals surface area contributed by atoms with Gasteiger partial charge in [0.2, 0.25) is 5.91 Å². The first-order valence-electron chi connectivity index (χ1n) is 28.0. The van der Waals surface area contributed by atoms with Crippen molar-refractivity contribution in [1.29, 1.82) is 5.26 Å². The van der Waals surface area contributed by atoms with Crippen LogP contribution in [0.2, 0.25) is 5.02 Å². The number of nitrogens with zero attached hydrogens (tertiary/aromatic N) is 13. The van der Waals surface area contributed by atoms with Crippen molar-refractivity contribution in [3.8, 4) is 46.7 Å². The number of fused-ring (bicyclic) bond motifs is 2. The number of hydrogen-bond donors (Lipinski definition) is 3. The van der Waals surface area contributed by atoms with Crippen molar-refractivity contribution in [2.75, 3.05) is 102 Å². The van der Waals surface area contributed by atoms with E-state index >= 15 is 0 Å². The number of piperazine rings is 2. The van der Waals surface area contributed by atoms with E-state index in [4.69, 9.17) is 26.3 Å². The molecule has 3 atom stereocenters. The Morgan fingerprint density at radius 1 is 0.873 bits per heavy atom. The summed E-state index contributed by atoms with van der Waals surface area (Å²) in [6, 6.07) is 26.1. The number of benzene rings is 4. The number of anilines is 2. The number of phenols is 2. The second-order valence-electron chi connectivity index (χ2n) is 22.5. The van der Waals surface area contributed by atoms with Gasteiger partial charge in [0.1, 0.15) is 23.9 Å². The molecule has 0 bridgehead atoms. The van der Waals surface area contributed by atoms with Crippen molar-refractivity contribution in [3.63, 3.8) is 0 Å². The monoisotopic (exact) mass is 1090 g/mol. The van der Waals surface area contributed by atoms with Crippen LogP contribution in [0.5, 0.6) is 23.5 Å². The van der Waals surface area contributed by atoms with Crippen molar-refractivity contribution in [2.24, 2.45) is 5.92 Å². The van der Waals surface area contributed by atoms with E-state index in [1.807, 2.05) is 38.1 Å². The molecule has 7 heterocycles. The molecule has 2 aromatic heterocycles. The summed E-state index contributed by atoms with van der Waals surface area (Å²) in [5.41, 5.74) is 5.98. The zero-order chi connectivity index (χ0) is 54.9. The lowest BCUT2D eigenvalue weighted by Gasteiger charge is -2.42. The van der Waals surface area contributed by atoms with Gasteiger partial charge >= 0.3 is 12.0 Å². The minimum absolute atomic E-state index is 0.0132. The SMILES string of the molecule is C=CC(=O)N1CCN(c2nc(OC[C@@H]3C[C@H](N4CCN(CC5CCN(Cc6ccc(-n7c(O)nnc7-c7cc(C(C)C)c(O)cc7O)cc6)CC5)CC4)CN3C)nc3c2CCN(c2cccc4cccc(Cl)c24)C3)C[C@@H]1CC#N. The molecule has 11 rings (SSSR count). The lowest BCUT2D eigenvalue weighted by molar-refractivity contribution is -0.128. The van der Waals surface area contributed by atoms with Gasteiger partial charge in [0.05, 0.1) is 47.0 Å². The molecule has 18 nitrogen and oxygen atoms in total. The van der Waals surface area contributed by atoms with E-state index in [1.54, 1.807) is 11.0 Å². The number of aromatic hydroxyl groups is 3. The Hall–Kier alpha value is -7.01. The number of hydrogen-bond acceptors (Lipinski definition) is 16. The van der Waals surface area contributed by atoms with Crippen molar-refractivity contribution < 1.29 is 24.9 Å². The Labute approximate surface area is 467 Å². The Kier molecular flexibility index (Phi) is 16.0. The zero-order valence-corrected chi connectivity index (χ0v) is 46.3. The highest BCUT2D eigenvalue weighted by Crippen LogP contribution is 2.40. The number of rotatable bonds is 15. The standard InChI is InChI=1S/C60H72ClN13O5/c1-5-55(77)73-29-28-72(36-44(73)16-20-62)57-47-19-23-71(52-11-7-9-42-8-6-10-50(61)56(42)52)37-51(47)63-59(64-57)79-38-46-30-45(35-67(46)4)70-26-24-69(25-27-70)34-41-17-21-68(22-18-41)33-40-12-14-43(15-13-40)74-58(65-66-60(74)78)49-31-48(39(2)3)53(75)32-54(49)76/h5-15,31-32,39,41,44-46,75-76H,1,16-19,21-30,33-38H2,2-4H3,(H,66,78)/t44-,45-,46-/m0/s1. The van der Waals surface area contributed by atoms with Gasteiger partial charge in [0, 0.05) is 107 Å². The van der Waals surface area contributed by atoms with E-state index in [0.29, 0.717) is 73.4 Å². The molecular weight excluding hydrogens is 1020 g/mol. The summed E-state index contributed by atoms with van der Waals surface area (Å²) in [6.45, 7) is 20.3. The molecular formula is C60H72ClN13O5. The molecule has 79 heavy (non-hydrogen) atoms. The maximum absolute atomic E-state index is 12.9. The highest BCUT2D eigenvalue weighted by atomic mass is 35.5. The molecule has 4 saturated heterocycles. The number of likely N-dealkylation sites (N-methyl/N-ethyl adjacent to an activating group) is 1. The summed E-state index contributed by atoms with van der Waals surface area (Å²) < 4.78 is 8.17. The molecule has 0 unspecified atom stereocenters. The number of likely N-dealkylation sites (tertiary alicyclic amines) is 2. The Morgan fingerprint density at radius 3 is 2.39 bits per heavy atom. The predicted molar refractivity (Wildman–Crippen MR) is 306 cm³/mol. The largest absolute Gasteiger partial charge is 0.508 e. The van der Waals surface area contributed by atoms with Gasteiger partial charge in [-0.3, -0.25) is 19.5 Å². The van der Waals surface area contributed by atoms with Crippen LogP contribution in [0.1, 0.15) is 67.8 Å². The summed E-state index contributed by atoms with van der Waals surface area (Å²) in [6.07, 6.45) is 5.62. The van der Waals surface area contributed by atoms with Crippen LogP contribution in [-0.2, 0) is 24.3 Å². The fourth-order valence-electron chi connectivity index (χ4n) is 12.8. The minimum atomic E-state index is -0.288. The summed E-state index contributed by atoms with van der Waals surface area (Å²) in [5, 5.41) is 52.6. The third kappa shape index (κ3) is 11.4. The lowest BCUT2D eigenvalue weighted by atomic mass is 9.95. The molecule has 5 aliphatic rings. The highest BCUT2D eigenvalue weighted by Gasteiger charge is 2.37. The van der Waals surface area contributed by atoms with E-state index < -0.39 is 0 Å². The quantitative estimate of drug-likeness (QED) is 0.0860. The number of nitriles is 1. The van der Waals surface area contributed by atoms with Crippen LogP contribution in [0.3, 0.4) is 0 Å². The Bertz CT molecular complexity index is 3220. The molecule has 0 saturated carbocycles. The van der Waals surface area contributed by atoms with Crippen LogP contribution in [0.15, 0.2) is 85.5 Å². The smallest absolute Gasteiger partial charge is 0.319 e. The number of halogens is 1. The fraction of sp³-hybridized carbons (Fsp3) is 0.467. The van der Waals surface area contributed by atoms with Gasteiger partial charge in [-0.25, -0.2) is 4.57 Å². The molecule has 6 aromatic rings. The average Bonchev–Trinajstić information content (AvgIpc) is 4.20.